The summed E-state index contributed by atoms with van der Waals surface area (Å²) in [6, 6.07) is -0.352. The van der Waals surface area contributed by atoms with Crippen molar-refractivity contribution in [2.24, 2.45) is 0 Å². The highest BCUT2D eigenvalue weighted by Crippen LogP contribution is 2.28. The normalized spacial score (nSPS) is 22.6. The molecule has 0 aromatic heterocycles. The third-order valence-corrected chi connectivity index (χ3v) is 3.88. The van der Waals surface area contributed by atoms with Crippen molar-refractivity contribution < 1.29 is 14.4 Å². The van der Waals surface area contributed by atoms with Crippen LogP contribution in [-0.4, -0.2) is 59.1 Å². The zero-order valence-corrected chi connectivity index (χ0v) is 11.2. The minimum atomic E-state index is -0.788. The molecule has 4 amide bonds. The number of amides is 4. The summed E-state index contributed by atoms with van der Waals surface area (Å²) in [6.07, 6.45) is 1.39. The van der Waals surface area contributed by atoms with E-state index >= 15 is 0 Å². The number of piperidine rings is 1. The van der Waals surface area contributed by atoms with Gasteiger partial charge in [0.2, 0.25) is 5.91 Å². The Morgan fingerprint density at radius 2 is 2.00 bits per heavy atom. The van der Waals surface area contributed by atoms with Gasteiger partial charge in [0.1, 0.15) is 5.54 Å². The quantitative estimate of drug-likeness (QED) is 0.542. The van der Waals surface area contributed by atoms with Crippen molar-refractivity contribution >= 4 is 30.5 Å². The van der Waals surface area contributed by atoms with Crippen LogP contribution in [0.4, 0.5) is 4.79 Å². The molecule has 6 nitrogen and oxygen atoms in total. The molecular weight excluding hydrogens is 254 g/mol. The number of hydrogen-bond acceptors (Lipinski definition) is 4. The van der Waals surface area contributed by atoms with E-state index in [4.69, 9.17) is 0 Å². The van der Waals surface area contributed by atoms with Gasteiger partial charge in [-0.15, -0.1) is 0 Å². The van der Waals surface area contributed by atoms with Crippen LogP contribution in [-0.2, 0) is 9.59 Å². The molecule has 0 unspecified atom stereocenters. The molecule has 2 saturated heterocycles. The Morgan fingerprint density at radius 1 is 1.39 bits per heavy atom. The first kappa shape index (κ1) is 13.2. The largest absolute Gasteiger partial charge is 0.342 e. The summed E-state index contributed by atoms with van der Waals surface area (Å²) >= 11 is 4.03. The van der Waals surface area contributed by atoms with Gasteiger partial charge in [0.15, 0.2) is 0 Å². The van der Waals surface area contributed by atoms with E-state index in [0.717, 1.165) is 4.90 Å². The molecule has 100 valence electrons. The van der Waals surface area contributed by atoms with Gasteiger partial charge < -0.3 is 10.2 Å². The number of nitrogens with zero attached hydrogens (tertiary/aromatic N) is 2. The molecule has 0 aliphatic carbocycles. The Morgan fingerprint density at radius 3 is 2.44 bits per heavy atom. The second-order valence-electron chi connectivity index (χ2n) is 4.73. The maximum Gasteiger partial charge on any atom is 0.324 e. The van der Waals surface area contributed by atoms with Crippen LogP contribution >= 0.6 is 12.6 Å². The van der Waals surface area contributed by atoms with Crippen LogP contribution in [0.25, 0.3) is 0 Å². The molecule has 2 aliphatic rings. The third kappa shape index (κ3) is 2.07. The van der Waals surface area contributed by atoms with Gasteiger partial charge in [0.25, 0.3) is 5.91 Å². The Labute approximate surface area is 111 Å². The standard InChI is InChI=1S/C11H17N3O3S/c1-13-9(16)11(12-10(13)17)3-5-14(6-4-11)8(15)2-7-18/h18H,2-7H2,1H3,(H,12,17). The van der Waals surface area contributed by atoms with E-state index in [0.29, 0.717) is 38.1 Å². The average molecular weight is 271 g/mol. The third-order valence-electron chi connectivity index (χ3n) is 3.66. The Hall–Kier alpha value is -1.24. The first-order chi connectivity index (χ1) is 8.50. The number of rotatable bonds is 2. The van der Waals surface area contributed by atoms with Crippen molar-refractivity contribution in [1.82, 2.24) is 15.1 Å². The summed E-state index contributed by atoms with van der Waals surface area (Å²) in [5, 5.41) is 2.74. The van der Waals surface area contributed by atoms with Crippen molar-refractivity contribution in [2.45, 2.75) is 24.8 Å². The first-order valence-electron chi connectivity index (χ1n) is 5.99. The van der Waals surface area contributed by atoms with Crippen molar-refractivity contribution in [3.05, 3.63) is 0 Å². The molecule has 18 heavy (non-hydrogen) atoms. The van der Waals surface area contributed by atoms with E-state index in [2.05, 4.69) is 17.9 Å². The molecule has 2 aliphatic heterocycles. The second kappa shape index (κ2) is 4.79. The molecule has 1 N–H and O–H groups in total. The van der Waals surface area contributed by atoms with E-state index in [1.165, 1.54) is 7.05 Å². The SMILES string of the molecule is CN1C(=O)NC2(CCN(C(=O)CCS)CC2)C1=O. The Balaban J connectivity index is 2.00. The van der Waals surface area contributed by atoms with Gasteiger partial charge in [-0.25, -0.2) is 4.79 Å². The highest BCUT2D eigenvalue weighted by Gasteiger charge is 2.51. The predicted molar refractivity (Wildman–Crippen MR) is 68.3 cm³/mol. The molecule has 2 rings (SSSR count). The number of nitrogens with one attached hydrogen (secondary N) is 1. The molecule has 2 heterocycles. The van der Waals surface area contributed by atoms with Gasteiger partial charge in [-0.05, 0) is 18.6 Å². The smallest absolute Gasteiger partial charge is 0.324 e. The molecule has 1 spiro atoms. The number of thiol groups is 1. The summed E-state index contributed by atoms with van der Waals surface area (Å²) in [5.74, 6) is 0.401. The fraction of sp³-hybridized carbons (Fsp3) is 0.727. The van der Waals surface area contributed by atoms with Crippen LogP contribution in [0.5, 0.6) is 0 Å². The lowest BCUT2D eigenvalue weighted by Crippen LogP contribution is -2.55. The fourth-order valence-corrected chi connectivity index (χ4v) is 2.68. The van der Waals surface area contributed by atoms with E-state index in [9.17, 15) is 14.4 Å². The molecule has 7 heteroatoms. The summed E-state index contributed by atoms with van der Waals surface area (Å²) in [6.45, 7) is 1.01. The van der Waals surface area contributed by atoms with Crippen molar-refractivity contribution in [2.75, 3.05) is 25.9 Å². The second-order valence-corrected chi connectivity index (χ2v) is 5.18. The van der Waals surface area contributed by atoms with Gasteiger partial charge in [-0.3, -0.25) is 14.5 Å². The van der Waals surface area contributed by atoms with Crippen LogP contribution in [0.15, 0.2) is 0 Å². The van der Waals surface area contributed by atoms with Gasteiger partial charge >= 0.3 is 6.03 Å². The summed E-state index contributed by atoms with van der Waals surface area (Å²) in [7, 11) is 1.48. The zero-order valence-electron chi connectivity index (χ0n) is 10.3. The van der Waals surface area contributed by atoms with Crippen molar-refractivity contribution in [1.29, 1.82) is 0 Å². The maximum absolute atomic E-state index is 12.0. The molecule has 0 bridgehead atoms. The first-order valence-corrected chi connectivity index (χ1v) is 6.62. The summed E-state index contributed by atoms with van der Waals surface area (Å²) in [4.78, 5) is 38.1. The van der Waals surface area contributed by atoms with Gasteiger partial charge in [-0.2, -0.15) is 12.6 Å². The minimum absolute atomic E-state index is 0.0602. The lowest BCUT2D eigenvalue weighted by molar-refractivity contribution is -0.137. The van der Waals surface area contributed by atoms with E-state index in [-0.39, 0.29) is 17.8 Å². The molecule has 0 saturated carbocycles. The number of urea groups is 1. The van der Waals surface area contributed by atoms with Crippen LogP contribution in [0.2, 0.25) is 0 Å². The van der Waals surface area contributed by atoms with Crippen LogP contribution in [0.1, 0.15) is 19.3 Å². The highest BCUT2D eigenvalue weighted by atomic mass is 32.1. The Kier molecular flexibility index (Phi) is 3.52. The van der Waals surface area contributed by atoms with Gasteiger partial charge in [-0.1, -0.05) is 0 Å². The number of likely N-dealkylation sites (N-methyl/N-ethyl adjacent to an activating group) is 1. The van der Waals surface area contributed by atoms with Crippen molar-refractivity contribution in [3.8, 4) is 0 Å². The average Bonchev–Trinajstić information content (AvgIpc) is 2.56. The predicted octanol–water partition coefficient (Wildman–Crippen LogP) is -0.151. The lowest BCUT2D eigenvalue weighted by atomic mass is 9.87. The minimum Gasteiger partial charge on any atom is -0.342 e. The molecule has 0 atom stereocenters. The molecule has 0 radical (unpaired) electrons. The number of likely N-dealkylation sites (tertiary alicyclic amines) is 1. The van der Waals surface area contributed by atoms with Crippen LogP contribution in [0.3, 0.4) is 0 Å². The maximum atomic E-state index is 12.0. The summed E-state index contributed by atoms with van der Waals surface area (Å²) in [5.41, 5.74) is -0.788. The van der Waals surface area contributed by atoms with Crippen LogP contribution < -0.4 is 5.32 Å². The molecule has 2 fully saturated rings. The number of carbonyl (C=O) groups is 3. The molecule has 0 aromatic carbocycles. The molecule has 0 aromatic rings. The lowest BCUT2D eigenvalue weighted by Gasteiger charge is -2.37. The molecular formula is C11H17N3O3S. The number of hydrogen-bond donors (Lipinski definition) is 2. The highest BCUT2D eigenvalue weighted by molar-refractivity contribution is 7.80. The number of imide groups is 1. The van der Waals surface area contributed by atoms with E-state index in [1.54, 1.807) is 4.90 Å². The zero-order chi connectivity index (χ0) is 13.3. The topological polar surface area (TPSA) is 69.7 Å². The number of carbonyl (C=O) groups excluding carboxylic acids is 3. The van der Waals surface area contributed by atoms with E-state index in [1.807, 2.05) is 0 Å². The van der Waals surface area contributed by atoms with Crippen LogP contribution in [0, 0.1) is 0 Å². The fourth-order valence-electron chi connectivity index (χ4n) is 2.49. The summed E-state index contributed by atoms with van der Waals surface area (Å²) < 4.78 is 0. The monoisotopic (exact) mass is 271 g/mol. The van der Waals surface area contributed by atoms with Crippen molar-refractivity contribution in [3.63, 3.8) is 0 Å². The Bertz CT molecular complexity index is 391. The van der Waals surface area contributed by atoms with Gasteiger partial charge in [0.05, 0.1) is 0 Å². The van der Waals surface area contributed by atoms with E-state index < -0.39 is 5.54 Å². The van der Waals surface area contributed by atoms with Gasteiger partial charge in [0, 0.05) is 26.6 Å².